The molecule has 0 spiro atoms. The molecule has 2 rings (SSSR count). The second-order valence-electron chi connectivity index (χ2n) is 5.49. The third-order valence-corrected chi connectivity index (χ3v) is 3.39. The lowest BCUT2D eigenvalue weighted by atomic mass is 10.00. The van der Waals surface area contributed by atoms with Gasteiger partial charge in [-0.2, -0.15) is 0 Å². The fraction of sp³-hybridized carbons (Fsp3) is 1.00. The van der Waals surface area contributed by atoms with Crippen molar-refractivity contribution in [2.75, 3.05) is 6.61 Å². The number of hydrogen-bond acceptors (Lipinski definition) is 5. The van der Waals surface area contributed by atoms with Crippen molar-refractivity contribution in [2.24, 2.45) is 0 Å². The quantitative estimate of drug-likeness (QED) is 0.775. The number of hydrogen-bond donors (Lipinski definition) is 1. The predicted octanol–water partition coefficient (Wildman–Crippen LogP) is 1.43. The van der Waals surface area contributed by atoms with Gasteiger partial charge in [0, 0.05) is 6.61 Å². The van der Waals surface area contributed by atoms with Gasteiger partial charge in [-0.25, -0.2) is 0 Å². The summed E-state index contributed by atoms with van der Waals surface area (Å²) < 4.78 is 22.8. The van der Waals surface area contributed by atoms with Crippen LogP contribution in [0, 0.1) is 0 Å². The highest BCUT2D eigenvalue weighted by Gasteiger charge is 2.54. The molecule has 5 nitrogen and oxygen atoms in total. The van der Waals surface area contributed by atoms with Crippen molar-refractivity contribution < 1.29 is 24.1 Å². The van der Waals surface area contributed by atoms with Gasteiger partial charge in [-0.3, -0.25) is 0 Å². The van der Waals surface area contributed by atoms with Crippen LogP contribution in [0.4, 0.5) is 0 Å². The largest absolute Gasteiger partial charge is 0.373 e. The number of ether oxygens (including phenoxy) is 4. The molecule has 0 aromatic heterocycles. The number of unbranched alkanes of at least 4 members (excludes halogenated alkanes) is 1. The normalized spacial score (nSPS) is 42.8. The van der Waals surface area contributed by atoms with Gasteiger partial charge in [-0.05, 0) is 27.2 Å². The topological polar surface area (TPSA) is 57.2 Å². The first-order chi connectivity index (χ1) is 8.44. The van der Waals surface area contributed by atoms with E-state index in [1.54, 1.807) is 0 Å². The second-order valence-corrected chi connectivity index (χ2v) is 5.49. The van der Waals surface area contributed by atoms with E-state index in [0.29, 0.717) is 6.61 Å². The van der Waals surface area contributed by atoms with Crippen LogP contribution in [0.5, 0.6) is 0 Å². The Hall–Kier alpha value is -0.200. The maximum atomic E-state index is 9.89. The zero-order chi connectivity index (χ0) is 13.3. The highest BCUT2D eigenvalue weighted by Crippen LogP contribution is 2.37. The minimum Gasteiger partial charge on any atom is -0.373 e. The summed E-state index contributed by atoms with van der Waals surface area (Å²) in [6.07, 6.45) is 0.0214. The molecule has 5 heteroatoms. The smallest absolute Gasteiger partial charge is 0.184 e. The molecule has 5 atom stereocenters. The van der Waals surface area contributed by atoms with E-state index in [9.17, 15) is 5.11 Å². The molecule has 2 fully saturated rings. The average Bonchev–Trinajstić information content (AvgIpc) is 2.59. The molecule has 18 heavy (non-hydrogen) atoms. The summed E-state index contributed by atoms with van der Waals surface area (Å²) in [5.74, 6) is -0.698. The molecule has 2 aliphatic rings. The van der Waals surface area contributed by atoms with Gasteiger partial charge < -0.3 is 24.1 Å². The van der Waals surface area contributed by atoms with Gasteiger partial charge in [0.1, 0.15) is 18.3 Å². The number of fused-ring (bicyclic) bond motifs is 1. The minimum atomic E-state index is -0.946. The summed E-state index contributed by atoms with van der Waals surface area (Å²) in [4.78, 5) is 0. The zero-order valence-corrected chi connectivity index (χ0v) is 11.6. The fourth-order valence-corrected chi connectivity index (χ4v) is 2.53. The number of aliphatic hydroxyl groups is 1. The van der Waals surface area contributed by atoms with Crippen molar-refractivity contribution in [1.82, 2.24) is 0 Å². The van der Waals surface area contributed by atoms with Crippen molar-refractivity contribution >= 4 is 0 Å². The van der Waals surface area contributed by atoms with Crippen LogP contribution in [-0.4, -0.2) is 48.2 Å². The first kappa shape index (κ1) is 14.2. The standard InChI is InChI=1S/C13H24O5/c1-5-6-7-15-9-8(2)16-12(14)11-10(9)17-13(3,4)18-11/h8-12,14H,5-7H2,1-4H3/t8?,9-,10?,11?,12+/m0/s1. The molecule has 2 aliphatic heterocycles. The number of aliphatic hydroxyl groups excluding tert-OH is 1. The molecular formula is C13H24O5. The Morgan fingerprint density at radius 1 is 1.22 bits per heavy atom. The summed E-state index contributed by atoms with van der Waals surface area (Å²) in [5, 5.41) is 9.89. The first-order valence-electron chi connectivity index (χ1n) is 6.75. The van der Waals surface area contributed by atoms with E-state index in [2.05, 4.69) is 6.92 Å². The van der Waals surface area contributed by atoms with Crippen LogP contribution in [0.1, 0.15) is 40.5 Å². The zero-order valence-electron chi connectivity index (χ0n) is 11.6. The Morgan fingerprint density at radius 2 is 1.89 bits per heavy atom. The highest BCUT2D eigenvalue weighted by molar-refractivity contribution is 4.95. The lowest BCUT2D eigenvalue weighted by Gasteiger charge is -2.38. The predicted molar refractivity (Wildman–Crippen MR) is 65.0 cm³/mol. The van der Waals surface area contributed by atoms with Crippen LogP contribution in [-0.2, 0) is 18.9 Å². The maximum Gasteiger partial charge on any atom is 0.184 e. The third kappa shape index (κ3) is 2.86. The number of rotatable bonds is 4. The Labute approximate surface area is 108 Å². The van der Waals surface area contributed by atoms with Gasteiger partial charge in [-0.1, -0.05) is 13.3 Å². The molecule has 3 unspecified atom stereocenters. The molecule has 106 valence electrons. The minimum absolute atomic E-state index is 0.188. The Kier molecular flexibility index (Phi) is 4.29. The van der Waals surface area contributed by atoms with E-state index in [-0.39, 0.29) is 18.3 Å². The van der Waals surface area contributed by atoms with Crippen molar-refractivity contribution in [3.05, 3.63) is 0 Å². The summed E-state index contributed by atoms with van der Waals surface area (Å²) in [6, 6.07) is 0. The van der Waals surface area contributed by atoms with Crippen LogP contribution in [0.25, 0.3) is 0 Å². The van der Waals surface area contributed by atoms with Crippen LogP contribution in [0.2, 0.25) is 0 Å². The molecule has 2 saturated heterocycles. The Bertz CT molecular complexity index is 281. The molecule has 0 aliphatic carbocycles. The second kappa shape index (κ2) is 5.43. The van der Waals surface area contributed by atoms with Crippen LogP contribution >= 0.6 is 0 Å². The van der Waals surface area contributed by atoms with E-state index in [0.717, 1.165) is 12.8 Å². The molecule has 0 aromatic rings. The SMILES string of the molecule is CCCCO[C@H]1C(C)O[C@@H](O)C2OC(C)(C)OC21. The lowest BCUT2D eigenvalue weighted by molar-refractivity contribution is -0.260. The molecular weight excluding hydrogens is 236 g/mol. The molecule has 0 radical (unpaired) electrons. The third-order valence-electron chi connectivity index (χ3n) is 3.39. The van der Waals surface area contributed by atoms with Crippen molar-refractivity contribution in [2.45, 2.75) is 77.0 Å². The molecule has 0 amide bonds. The van der Waals surface area contributed by atoms with Gasteiger partial charge in [-0.15, -0.1) is 0 Å². The van der Waals surface area contributed by atoms with Crippen molar-refractivity contribution in [1.29, 1.82) is 0 Å². The summed E-state index contributed by atoms with van der Waals surface area (Å²) in [7, 11) is 0. The molecule has 2 heterocycles. The Balaban J connectivity index is 2.04. The van der Waals surface area contributed by atoms with Crippen molar-refractivity contribution in [3.63, 3.8) is 0 Å². The Morgan fingerprint density at radius 3 is 2.56 bits per heavy atom. The van der Waals surface area contributed by atoms with E-state index in [1.165, 1.54) is 0 Å². The van der Waals surface area contributed by atoms with E-state index >= 15 is 0 Å². The van der Waals surface area contributed by atoms with Gasteiger partial charge in [0.05, 0.1) is 6.10 Å². The van der Waals surface area contributed by atoms with Gasteiger partial charge in [0.2, 0.25) is 0 Å². The van der Waals surface area contributed by atoms with Crippen LogP contribution in [0.3, 0.4) is 0 Å². The van der Waals surface area contributed by atoms with Crippen LogP contribution in [0.15, 0.2) is 0 Å². The fourth-order valence-electron chi connectivity index (χ4n) is 2.53. The molecule has 0 saturated carbocycles. The van der Waals surface area contributed by atoms with Gasteiger partial charge in [0.25, 0.3) is 0 Å². The van der Waals surface area contributed by atoms with Crippen molar-refractivity contribution in [3.8, 4) is 0 Å². The summed E-state index contributed by atoms with van der Waals surface area (Å²) in [6.45, 7) is 8.37. The first-order valence-corrected chi connectivity index (χ1v) is 6.75. The van der Waals surface area contributed by atoms with E-state index in [4.69, 9.17) is 18.9 Å². The summed E-state index contributed by atoms with van der Waals surface area (Å²) in [5.41, 5.74) is 0. The molecule has 0 bridgehead atoms. The van der Waals surface area contributed by atoms with Gasteiger partial charge in [0.15, 0.2) is 12.1 Å². The lowest BCUT2D eigenvalue weighted by Crippen LogP contribution is -2.56. The highest BCUT2D eigenvalue weighted by atomic mass is 16.8. The van der Waals surface area contributed by atoms with Crippen LogP contribution < -0.4 is 0 Å². The monoisotopic (exact) mass is 260 g/mol. The molecule has 0 aromatic carbocycles. The van der Waals surface area contributed by atoms with Gasteiger partial charge >= 0.3 is 0 Å². The van der Waals surface area contributed by atoms with E-state index < -0.39 is 18.2 Å². The molecule has 1 N–H and O–H groups in total. The average molecular weight is 260 g/mol. The van der Waals surface area contributed by atoms with E-state index in [1.807, 2.05) is 20.8 Å². The maximum absolute atomic E-state index is 9.89. The summed E-state index contributed by atoms with van der Waals surface area (Å²) >= 11 is 0.